The summed E-state index contributed by atoms with van der Waals surface area (Å²) in [6, 6.07) is 9.59. The molecule has 1 aliphatic rings. The van der Waals surface area contributed by atoms with Gasteiger partial charge in [-0.25, -0.2) is 0 Å². The SMILES string of the molecule is COc1ccc(C2=NN=C(N)C(C#N)C2)cc1. The molecule has 0 radical (unpaired) electrons. The standard InChI is InChI=1S/C12H12N4O/c1-17-10-4-2-8(3-5-10)11-6-9(7-13)12(14)16-15-11/h2-5,9H,6H2,1H3,(H2,14,16). The second-order valence-electron chi connectivity index (χ2n) is 3.69. The van der Waals surface area contributed by atoms with Crippen molar-refractivity contribution in [1.82, 2.24) is 0 Å². The highest BCUT2D eigenvalue weighted by atomic mass is 16.5. The number of nitrogens with two attached hydrogens (primary N) is 1. The fourth-order valence-corrected chi connectivity index (χ4v) is 1.60. The molecule has 1 heterocycles. The summed E-state index contributed by atoms with van der Waals surface area (Å²) < 4.78 is 5.08. The van der Waals surface area contributed by atoms with E-state index < -0.39 is 0 Å². The number of benzene rings is 1. The van der Waals surface area contributed by atoms with Crippen molar-refractivity contribution >= 4 is 11.5 Å². The lowest BCUT2D eigenvalue weighted by molar-refractivity contribution is 0.415. The fraction of sp³-hybridized carbons (Fsp3) is 0.250. The first kappa shape index (κ1) is 11.1. The average Bonchev–Trinajstić information content (AvgIpc) is 2.39. The molecule has 1 aromatic rings. The van der Waals surface area contributed by atoms with Gasteiger partial charge >= 0.3 is 0 Å². The predicted octanol–water partition coefficient (Wildman–Crippen LogP) is 1.30. The Morgan fingerprint density at radius 1 is 1.35 bits per heavy atom. The molecule has 17 heavy (non-hydrogen) atoms. The van der Waals surface area contributed by atoms with Gasteiger partial charge in [0.15, 0.2) is 0 Å². The molecule has 0 fully saturated rings. The highest BCUT2D eigenvalue weighted by Gasteiger charge is 2.20. The maximum atomic E-state index is 8.92. The van der Waals surface area contributed by atoms with Crippen molar-refractivity contribution < 1.29 is 4.74 Å². The fourth-order valence-electron chi connectivity index (χ4n) is 1.60. The topological polar surface area (TPSA) is 83.8 Å². The Morgan fingerprint density at radius 3 is 2.65 bits per heavy atom. The highest BCUT2D eigenvalue weighted by molar-refractivity contribution is 6.05. The van der Waals surface area contributed by atoms with Crippen LogP contribution in [0.15, 0.2) is 34.5 Å². The molecular formula is C12H12N4O. The molecule has 0 aliphatic carbocycles. The highest BCUT2D eigenvalue weighted by Crippen LogP contribution is 2.18. The molecule has 2 N–H and O–H groups in total. The van der Waals surface area contributed by atoms with Crippen molar-refractivity contribution in [2.45, 2.75) is 6.42 Å². The lowest BCUT2D eigenvalue weighted by Gasteiger charge is -2.14. The summed E-state index contributed by atoms with van der Waals surface area (Å²) in [5.41, 5.74) is 7.28. The minimum absolute atomic E-state index is 0.282. The van der Waals surface area contributed by atoms with Crippen molar-refractivity contribution in [3.8, 4) is 11.8 Å². The lowest BCUT2D eigenvalue weighted by atomic mass is 9.97. The Morgan fingerprint density at radius 2 is 2.06 bits per heavy atom. The van der Waals surface area contributed by atoms with Crippen molar-refractivity contribution in [3.05, 3.63) is 29.8 Å². The Hall–Kier alpha value is -2.35. The van der Waals surface area contributed by atoms with E-state index in [-0.39, 0.29) is 11.8 Å². The Bertz CT molecular complexity index is 510. The Kier molecular flexibility index (Phi) is 3.06. The zero-order valence-corrected chi connectivity index (χ0v) is 9.42. The summed E-state index contributed by atoms with van der Waals surface area (Å²) in [7, 11) is 1.61. The Balaban J connectivity index is 2.26. The maximum Gasteiger partial charge on any atom is 0.140 e. The first-order valence-electron chi connectivity index (χ1n) is 5.18. The molecule has 0 amide bonds. The molecule has 1 atom stereocenters. The van der Waals surface area contributed by atoms with E-state index in [0.717, 1.165) is 17.0 Å². The summed E-state index contributed by atoms with van der Waals surface area (Å²) in [6.45, 7) is 0. The number of nitriles is 1. The lowest BCUT2D eigenvalue weighted by Crippen LogP contribution is -2.27. The van der Waals surface area contributed by atoms with Crippen LogP contribution in [0.1, 0.15) is 12.0 Å². The molecule has 2 rings (SSSR count). The number of nitrogens with zero attached hydrogens (tertiary/aromatic N) is 3. The van der Waals surface area contributed by atoms with E-state index >= 15 is 0 Å². The molecule has 0 aromatic heterocycles. The first-order chi connectivity index (χ1) is 8.24. The van der Waals surface area contributed by atoms with Gasteiger partial charge in [0, 0.05) is 6.42 Å². The minimum atomic E-state index is -0.385. The van der Waals surface area contributed by atoms with Crippen LogP contribution in [-0.4, -0.2) is 18.7 Å². The van der Waals surface area contributed by atoms with Crippen LogP contribution in [0.25, 0.3) is 0 Å². The molecular weight excluding hydrogens is 216 g/mol. The summed E-state index contributed by atoms with van der Waals surface area (Å²) in [6.07, 6.45) is 0.498. The number of methoxy groups -OCH3 is 1. The van der Waals surface area contributed by atoms with Gasteiger partial charge in [-0.15, -0.1) is 5.10 Å². The van der Waals surface area contributed by atoms with E-state index in [0.29, 0.717) is 6.42 Å². The largest absolute Gasteiger partial charge is 0.497 e. The zero-order chi connectivity index (χ0) is 12.3. The van der Waals surface area contributed by atoms with Crippen LogP contribution < -0.4 is 10.5 Å². The van der Waals surface area contributed by atoms with E-state index in [1.54, 1.807) is 7.11 Å². The van der Waals surface area contributed by atoms with Gasteiger partial charge in [0.05, 0.1) is 18.9 Å². The molecule has 86 valence electrons. The summed E-state index contributed by atoms with van der Waals surface area (Å²) >= 11 is 0. The molecule has 1 aromatic carbocycles. The van der Waals surface area contributed by atoms with E-state index in [1.165, 1.54) is 0 Å². The monoisotopic (exact) mass is 228 g/mol. The number of rotatable bonds is 2. The van der Waals surface area contributed by atoms with Crippen LogP contribution in [0.4, 0.5) is 0 Å². The van der Waals surface area contributed by atoms with E-state index in [2.05, 4.69) is 16.3 Å². The molecule has 0 saturated heterocycles. The third-order valence-electron chi connectivity index (χ3n) is 2.62. The van der Waals surface area contributed by atoms with Crippen LogP contribution in [0.3, 0.4) is 0 Å². The number of hydrogen-bond donors (Lipinski definition) is 1. The molecule has 1 unspecified atom stereocenters. The Labute approximate surface area is 99.2 Å². The van der Waals surface area contributed by atoms with Crippen molar-refractivity contribution in [2.75, 3.05) is 7.11 Å². The van der Waals surface area contributed by atoms with Gasteiger partial charge in [-0.05, 0) is 29.8 Å². The van der Waals surface area contributed by atoms with Gasteiger partial charge in [-0.3, -0.25) is 0 Å². The molecule has 0 saturated carbocycles. The van der Waals surface area contributed by atoms with Crippen LogP contribution in [0, 0.1) is 17.2 Å². The van der Waals surface area contributed by atoms with Crippen molar-refractivity contribution in [1.29, 1.82) is 5.26 Å². The van der Waals surface area contributed by atoms with Crippen molar-refractivity contribution in [3.63, 3.8) is 0 Å². The first-order valence-corrected chi connectivity index (χ1v) is 5.18. The molecule has 5 heteroatoms. The van der Waals surface area contributed by atoms with Gasteiger partial charge in [0.25, 0.3) is 0 Å². The third-order valence-corrected chi connectivity index (χ3v) is 2.62. The normalized spacial score (nSPS) is 18.9. The minimum Gasteiger partial charge on any atom is -0.497 e. The number of hydrogen-bond acceptors (Lipinski definition) is 5. The third kappa shape index (κ3) is 2.26. The number of amidine groups is 1. The average molecular weight is 228 g/mol. The van der Waals surface area contributed by atoms with Gasteiger partial charge in [0.2, 0.25) is 0 Å². The second-order valence-corrected chi connectivity index (χ2v) is 3.69. The number of ether oxygens (including phenoxy) is 1. The van der Waals surface area contributed by atoms with Gasteiger partial charge in [0.1, 0.15) is 17.5 Å². The van der Waals surface area contributed by atoms with Crippen LogP contribution in [-0.2, 0) is 0 Å². The van der Waals surface area contributed by atoms with Crippen LogP contribution in [0.5, 0.6) is 5.75 Å². The summed E-state index contributed by atoms with van der Waals surface area (Å²) in [4.78, 5) is 0. The van der Waals surface area contributed by atoms with Crippen molar-refractivity contribution in [2.24, 2.45) is 21.9 Å². The van der Waals surface area contributed by atoms with Crippen LogP contribution >= 0.6 is 0 Å². The van der Waals surface area contributed by atoms with Crippen LogP contribution in [0.2, 0.25) is 0 Å². The quantitative estimate of drug-likeness (QED) is 0.828. The maximum absolute atomic E-state index is 8.92. The smallest absolute Gasteiger partial charge is 0.140 e. The van der Waals surface area contributed by atoms with E-state index in [4.69, 9.17) is 15.7 Å². The predicted molar refractivity (Wildman–Crippen MR) is 64.9 cm³/mol. The summed E-state index contributed by atoms with van der Waals surface area (Å²) in [5, 5.41) is 16.8. The zero-order valence-electron chi connectivity index (χ0n) is 9.42. The molecule has 0 spiro atoms. The van der Waals surface area contributed by atoms with E-state index in [1.807, 2.05) is 24.3 Å². The van der Waals surface area contributed by atoms with Gasteiger partial charge in [-0.1, -0.05) is 0 Å². The van der Waals surface area contributed by atoms with Gasteiger partial charge in [-0.2, -0.15) is 10.4 Å². The second kappa shape index (κ2) is 4.66. The van der Waals surface area contributed by atoms with E-state index in [9.17, 15) is 0 Å². The summed E-state index contributed by atoms with van der Waals surface area (Å²) in [5.74, 6) is 0.680. The molecule has 0 bridgehead atoms. The molecule has 1 aliphatic heterocycles. The van der Waals surface area contributed by atoms with Gasteiger partial charge < -0.3 is 10.5 Å². The molecule has 5 nitrogen and oxygen atoms in total.